The monoisotopic (exact) mass is 498 g/mol. The average Bonchev–Trinajstić information content (AvgIpc) is 3.26. The van der Waals surface area contributed by atoms with Crippen LogP contribution in [0.5, 0.6) is 5.75 Å². The lowest BCUT2D eigenvalue weighted by Crippen LogP contribution is -2.50. The first-order valence-electron chi connectivity index (χ1n) is 14.4. The van der Waals surface area contributed by atoms with E-state index in [-0.39, 0.29) is 30.1 Å². The highest BCUT2D eigenvalue weighted by Gasteiger charge is 2.59. The fraction of sp³-hybridized carbons (Fsp3) is 0.767. The average molecular weight is 499 g/mol. The van der Waals surface area contributed by atoms with Gasteiger partial charge in [-0.15, -0.1) is 0 Å². The first kappa shape index (κ1) is 24.7. The zero-order valence-electron chi connectivity index (χ0n) is 21.8. The lowest BCUT2D eigenvalue weighted by atomic mass is 9.55. The Morgan fingerprint density at radius 3 is 2.53 bits per heavy atom. The summed E-state index contributed by atoms with van der Waals surface area (Å²) in [6, 6.07) is 6.74. The molecule has 7 atom stereocenters. The molecule has 2 aliphatic heterocycles. The molecule has 3 aliphatic carbocycles. The number of rotatable bonds is 6. The Hall–Kier alpha value is -1.63. The van der Waals surface area contributed by atoms with Crippen LogP contribution >= 0.6 is 0 Å². The van der Waals surface area contributed by atoms with Gasteiger partial charge in [-0.3, -0.25) is 4.79 Å². The summed E-state index contributed by atoms with van der Waals surface area (Å²) >= 11 is 0. The summed E-state index contributed by atoms with van der Waals surface area (Å²) in [6.07, 6.45) is 12.8. The van der Waals surface area contributed by atoms with E-state index < -0.39 is 0 Å². The fourth-order valence-corrected chi connectivity index (χ4v) is 8.09. The lowest BCUT2D eigenvalue weighted by Gasteiger charge is -2.52. The number of hydrogen-bond donors (Lipinski definition) is 0. The fourth-order valence-electron chi connectivity index (χ4n) is 8.09. The molecule has 1 aromatic carbocycles. The number of ether oxygens (including phenoxy) is 5. The number of esters is 1. The van der Waals surface area contributed by atoms with Crippen LogP contribution in [0.4, 0.5) is 0 Å². The maximum Gasteiger partial charge on any atom is 0.302 e. The number of fused-ring (bicyclic) bond motifs is 5. The van der Waals surface area contributed by atoms with E-state index in [1.807, 2.05) is 0 Å². The van der Waals surface area contributed by atoms with Crippen LogP contribution < -0.4 is 4.74 Å². The zero-order chi connectivity index (χ0) is 24.5. The second kappa shape index (κ2) is 10.6. The molecule has 5 aliphatic rings. The third kappa shape index (κ3) is 4.81. The van der Waals surface area contributed by atoms with Crippen LogP contribution in [0, 0.1) is 17.3 Å². The third-order valence-electron chi connectivity index (χ3n) is 9.72. The van der Waals surface area contributed by atoms with E-state index in [4.69, 9.17) is 23.7 Å². The van der Waals surface area contributed by atoms with Crippen LogP contribution in [0.2, 0.25) is 0 Å². The third-order valence-corrected chi connectivity index (χ3v) is 9.72. The molecule has 0 amide bonds. The number of benzene rings is 1. The first-order chi connectivity index (χ1) is 17.6. The number of carbonyl (C=O) groups is 1. The molecule has 0 bridgehead atoms. The summed E-state index contributed by atoms with van der Waals surface area (Å²) in [7, 11) is 0. The van der Waals surface area contributed by atoms with Crippen molar-refractivity contribution in [3.63, 3.8) is 0 Å². The molecular formula is C30H42O6. The summed E-state index contributed by atoms with van der Waals surface area (Å²) in [5.74, 6) is 2.47. The predicted molar refractivity (Wildman–Crippen MR) is 135 cm³/mol. The molecule has 6 nitrogen and oxygen atoms in total. The summed E-state index contributed by atoms with van der Waals surface area (Å²) in [5, 5.41) is 0. The van der Waals surface area contributed by atoms with Gasteiger partial charge in [0, 0.05) is 25.4 Å². The van der Waals surface area contributed by atoms with Crippen molar-refractivity contribution in [3.8, 4) is 5.75 Å². The van der Waals surface area contributed by atoms with Gasteiger partial charge in [0.15, 0.2) is 12.6 Å². The second-order valence-corrected chi connectivity index (χ2v) is 11.7. The minimum atomic E-state index is -0.167. The number of carbonyl (C=O) groups excluding carboxylic acids is 1. The van der Waals surface area contributed by atoms with Crippen LogP contribution in [-0.2, 0) is 30.2 Å². The van der Waals surface area contributed by atoms with Gasteiger partial charge in [0.05, 0.1) is 13.2 Å². The second-order valence-electron chi connectivity index (χ2n) is 11.7. The van der Waals surface area contributed by atoms with Crippen LogP contribution in [0.1, 0.15) is 94.6 Å². The van der Waals surface area contributed by atoms with Gasteiger partial charge in [0.2, 0.25) is 0 Å². The molecule has 0 radical (unpaired) electrons. The van der Waals surface area contributed by atoms with Crippen LogP contribution in [0.3, 0.4) is 0 Å². The summed E-state index contributed by atoms with van der Waals surface area (Å²) < 4.78 is 30.3. The van der Waals surface area contributed by atoms with E-state index in [1.54, 1.807) is 6.92 Å². The maximum atomic E-state index is 12.0. The molecule has 6 rings (SSSR count). The van der Waals surface area contributed by atoms with E-state index in [1.165, 1.54) is 24.0 Å². The van der Waals surface area contributed by atoms with Gasteiger partial charge in [-0.25, -0.2) is 0 Å². The summed E-state index contributed by atoms with van der Waals surface area (Å²) in [5.41, 5.74) is 2.86. The van der Waals surface area contributed by atoms with Crippen molar-refractivity contribution in [2.45, 2.75) is 109 Å². The molecule has 1 aromatic rings. The van der Waals surface area contributed by atoms with Crippen molar-refractivity contribution < 1.29 is 28.5 Å². The van der Waals surface area contributed by atoms with E-state index >= 15 is 0 Å². The van der Waals surface area contributed by atoms with Gasteiger partial charge in [0.1, 0.15) is 11.9 Å². The highest BCUT2D eigenvalue weighted by atomic mass is 16.7. The predicted octanol–water partition coefficient (Wildman–Crippen LogP) is 5.90. The molecule has 2 saturated heterocycles. The van der Waals surface area contributed by atoms with Crippen molar-refractivity contribution in [3.05, 3.63) is 29.3 Å². The summed E-state index contributed by atoms with van der Waals surface area (Å²) in [6.45, 7) is 3.78. The molecule has 198 valence electrons. The molecule has 0 N–H and O–H groups in total. The van der Waals surface area contributed by atoms with Gasteiger partial charge in [-0.2, -0.15) is 0 Å². The Bertz CT molecular complexity index is 920. The molecular weight excluding hydrogens is 456 g/mol. The van der Waals surface area contributed by atoms with Gasteiger partial charge in [-0.05, 0) is 112 Å². The van der Waals surface area contributed by atoms with Crippen LogP contribution in [0.15, 0.2) is 18.2 Å². The normalized spacial score (nSPS) is 37.9. The Labute approximate surface area is 215 Å². The molecule has 4 fully saturated rings. The zero-order valence-corrected chi connectivity index (χ0v) is 21.8. The van der Waals surface area contributed by atoms with E-state index in [9.17, 15) is 4.79 Å². The van der Waals surface area contributed by atoms with Gasteiger partial charge in [0.25, 0.3) is 0 Å². The van der Waals surface area contributed by atoms with Crippen molar-refractivity contribution in [2.75, 3.05) is 19.8 Å². The van der Waals surface area contributed by atoms with Gasteiger partial charge in [-0.1, -0.05) is 6.07 Å². The van der Waals surface area contributed by atoms with E-state index in [2.05, 4.69) is 18.2 Å². The van der Waals surface area contributed by atoms with Gasteiger partial charge >= 0.3 is 5.97 Å². The SMILES string of the molecule is CC(=O)O[C@H]1CC[C@H]2[C@@H]3CCc4cc(OC5CCCCO5)ccc4[C@H]3CC[C@]12COC1CCCCO1. The Morgan fingerprint density at radius 1 is 0.972 bits per heavy atom. The standard InChI is InChI=1S/C30H42O6/c1-20(31)35-27-13-12-26-25-10-8-21-18-22(36-29-7-3-5-17-33-29)9-11-23(21)24(25)14-15-30(26,27)19-34-28-6-2-4-16-32-28/h9,11,18,24-29H,2-8,10,12-17,19H2,1H3/t24-,25-,26+,27+,28?,29?,30-/m1/s1. The maximum absolute atomic E-state index is 12.0. The Morgan fingerprint density at radius 2 is 1.78 bits per heavy atom. The first-order valence-corrected chi connectivity index (χ1v) is 14.4. The Balaban J connectivity index is 1.20. The van der Waals surface area contributed by atoms with E-state index in [0.717, 1.165) is 83.2 Å². The van der Waals surface area contributed by atoms with Crippen molar-refractivity contribution in [1.82, 2.24) is 0 Å². The topological polar surface area (TPSA) is 63.2 Å². The van der Waals surface area contributed by atoms with Gasteiger partial charge < -0.3 is 23.7 Å². The number of hydrogen-bond acceptors (Lipinski definition) is 6. The quantitative estimate of drug-likeness (QED) is 0.455. The molecule has 0 aromatic heterocycles. The molecule has 0 spiro atoms. The molecule has 36 heavy (non-hydrogen) atoms. The minimum Gasteiger partial charge on any atom is -0.465 e. The van der Waals surface area contributed by atoms with E-state index in [0.29, 0.717) is 24.4 Å². The minimum absolute atomic E-state index is 0.0443. The van der Waals surface area contributed by atoms with Crippen LogP contribution in [-0.4, -0.2) is 44.5 Å². The van der Waals surface area contributed by atoms with Crippen LogP contribution in [0.25, 0.3) is 0 Å². The highest BCUT2D eigenvalue weighted by molar-refractivity contribution is 5.66. The van der Waals surface area contributed by atoms with Crippen molar-refractivity contribution in [1.29, 1.82) is 0 Å². The lowest BCUT2D eigenvalue weighted by molar-refractivity contribution is -0.205. The largest absolute Gasteiger partial charge is 0.465 e. The number of aryl methyl sites for hydroxylation is 1. The molecule has 2 saturated carbocycles. The molecule has 2 unspecified atom stereocenters. The Kier molecular flexibility index (Phi) is 7.29. The molecule has 2 heterocycles. The molecule has 6 heteroatoms. The highest BCUT2D eigenvalue weighted by Crippen LogP contribution is 2.62. The van der Waals surface area contributed by atoms with Crippen molar-refractivity contribution in [2.24, 2.45) is 17.3 Å². The van der Waals surface area contributed by atoms with Crippen molar-refractivity contribution >= 4 is 5.97 Å². The smallest absolute Gasteiger partial charge is 0.302 e. The summed E-state index contributed by atoms with van der Waals surface area (Å²) in [4.78, 5) is 12.0.